The Morgan fingerprint density at radius 2 is 2.21 bits per heavy atom. The minimum Gasteiger partial charge on any atom is -0.480 e. The van der Waals surface area contributed by atoms with Crippen LogP contribution in [0.25, 0.3) is 0 Å². The number of aromatic nitrogens is 2. The molecule has 0 aliphatic carbocycles. The van der Waals surface area contributed by atoms with Gasteiger partial charge in [0.2, 0.25) is 0 Å². The molecule has 7 nitrogen and oxygen atoms in total. The number of nitrogens with zero attached hydrogens (tertiary/aromatic N) is 2. The first-order valence-electron chi connectivity index (χ1n) is 6.19. The van der Waals surface area contributed by atoms with Crippen molar-refractivity contribution in [3.63, 3.8) is 0 Å². The fourth-order valence-corrected chi connectivity index (χ4v) is 1.62. The fraction of sp³-hybridized carbons (Fsp3) is 0.583. The molecule has 2 unspecified atom stereocenters. The number of nitrogens with one attached hydrogen (secondary N) is 2. The van der Waals surface area contributed by atoms with E-state index in [1.165, 1.54) is 0 Å². The molecule has 1 heterocycles. The highest BCUT2D eigenvalue weighted by atomic mass is 16.4. The molecule has 2 atom stereocenters. The molecule has 0 saturated carbocycles. The van der Waals surface area contributed by atoms with Crippen LogP contribution in [0.4, 0.5) is 4.79 Å². The summed E-state index contributed by atoms with van der Waals surface area (Å²) in [5.41, 5.74) is 0.838. The van der Waals surface area contributed by atoms with Crippen LogP contribution in [0.1, 0.15) is 26.0 Å². The van der Waals surface area contributed by atoms with Gasteiger partial charge in [0.05, 0.1) is 12.2 Å². The van der Waals surface area contributed by atoms with E-state index in [-0.39, 0.29) is 5.92 Å². The second-order valence-corrected chi connectivity index (χ2v) is 4.47. The summed E-state index contributed by atoms with van der Waals surface area (Å²) in [6.07, 6.45) is 2.31. The zero-order chi connectivity index (χ0) is 14.4. The van der Waals surface area contributed by atoms with Crippen molar-refractivity contribution < 1.29 is 14.7 Å². The van der Waals surface area contributed by atoms with Gasteiger partial charge >= 0.3 is 12.0 Å². The smallest absolute Gasteiger partial charge is 0.326 e. The Labute approximate surface area is 112 Å². The summed E-state index contributed by atoms with van der Waals surface area (Å²) in [6.45, 7) is 3.98. The molecule has 0 spiro atoms. The Hall–Kier alpha value is -2.05. The lowest BCUT2D eigenvalue weighted by atomic mass is 9.99. The van der Waals surface area contributed by atoms with Crippen LogP contribution in [0.15, 0.2) is 12.3 Å². The largest absolute Gasteiger partial charge is 0.480 e. The molecule has 3 N–H and O–H groups in total. The van der Waals surface area contributed by atoms with Crippen LogP contribution in [-0.4, -0.2) is 32.9 Å². The van der Waals surface area contributed by atoms with E-state index in [1.54, 1.807) is 30.9 Å². The van der Waals surface area contributed by atoms with Gasteiger partial charge in [-0.3, -0.25) is 4.68 Å². The van der Waals surface area contributed by atoms with E-state index in [1.807, 2.05) is 6.92 Å². The van der Waals surface area contributed by atoms with Gasteiger partial charge in [-0.25, -0.2) is 9.59 Å². The highest BCUT2D eigenvalue weighted by Crippen LogP contribution is 2.07. The molecule has 7 heteroatoms. The molecule has 1 aromatic rings. The third-order valence-electron chi connectivity index (χ3n) is 3.12. The van der Waals surface area contributed by atoms with Crippen LogP contribution in [0.5, 0.6) is 0 Å². The molecule has 0 fully saturated rings. The average molecular weight is 268 g/mol. The summed E-state index contributed by atoms with van der Waals surface area (Å²) >= 11 is 0. The second-order valence-electron chi connectivity index (χ2n) is 4.47. The molecule has 19 heavy (non-hydrogen) atoms. The number of hydrogen-bond donors (Lipinski definition) is 3. The van der Waals surface area contributed by atoms with Crippen molar-refractivity contribution in [3.8, 4) is 0 Å². The van der Waals surface area contributed by atoms with Crippen molar-refractivity contribution >= 4 is 12.0 Å². The summed E-state index contributed by atoms with van der Waals surface area (Å²) in [5.74, 6) is -1.15. The van der Waals surface area contributed by atoms with E-state index in [0.29, 0.717) is 13.0 Å². The van der Waals surface area contributed by atoms with E-state index in [4.69, 9.17) is 5.11 Å². The first-order valence-corrected chi connectivity index (χ1v) is 6.19. The predicted octanol–water partition coefficient (Wildman–Crippen LogP) is 0.719. The molecular weight excluding hydrogens is 248 g/mol. The number of aryl methyl sites for hydroxylation is 1. The molecular formula is C12H20N4O3. The van der Waals surface area contributed by atoms with Gasteiger partial charge in [0.25, 0.3) is 0 Å². The first kappa shape index (κ1) is 15.0. The number of carboxylic acids is 1. The Kier molecular flexibility index (Phi) is 5.35. The zero-order valence-corrected chi connectivity index (χ0v) is 11.4. The van der Waals surface area contributed by atoms with Gasteiger partial charge in [0, 0.05) is 13.2 Å². The summed E-state index contributed by atoms with van der Waals surface area (Å²) < 4.78 is 1.64. The summed E-state index contributed by atoms with van der Waals surface area (Å²) in [6, 6.07) is 0.411. The molecule has 0 aliphatic rings. The monoisotopic (exact) mass is 268 g/mol. The number of rotatable bonds is 6. The molecule has 0 bridgehead atoms. The number of carboxylic acid groups (broad SMARTS) is 1. The van der Waals surface area contributed by atoms with E-state index in [2.05, 4.69) is 15.7 Å². The normalized spacial score (nSPS) is 13.6. The maximum Gasteiger partial charge on any atom is 0.326 e. The van der Waals surface area contributed by atoms with E-state index in [9.17, 15) is 9.59 Å². The lowest BCUT2D eigenvalue weighted by Crippen LogP contribution is -2.49. The van der Waals surface area contributed by atoms with Crippen molar-refractivity contribution in [2.45, 2.75) is 32.9 Å². The summed E-state index contributed by atoms with van der Waals surface area (Å²) in [7, 11) is 1.77. The van der Waals surface area contributed by atoms with E-state index >= 15 is 0 Å². The molecule has 0 radical (unpaired) electrons. The lowest BCUT2D eigenvalue weighted by molar-refractivity contribution is -0.140. The van der Waals surface area contributed by atoms with Crippen LogP contribution in [-0.2, 0) is 18.4 Å². The molecule has 2 amide bonds. The van der Waals surface area contributed by atoms with Gasteiger partial charge in [-0.15, -0.1) is 0 Å². The number of carbonyl (C=O) groups is 2. The quantitative estimate of drug-likeness (QED) is 0.708. The minimum absolute atomic E-state index is 0.125. The summed E-state index contributed by atoms with van der Waals surface area (Å²) in [4.78, 5) is 22.7. The molecule has 0 aromatic carbocycles. The molecule has 0 aliphatic heterocycles. The maximum atomic E-state index is 11.7. The van der Waals surface area contributed by atoms with Gasteiger partial charge in [-0.05, 0) is 12.0 Å². The van der Waals surface area contributed by atoms with Crippen molar-refractivity contribution in [2.24, 2.45) is 13.0 Å². The average Bonchev–Trinajstić information content (AvgIpc) is 2.77. The first-order chi connectivity index (χ1) is 8.95. The third-order valence-corrected chi connectivity index (χ3v) is 3.12. The minimum atomic E-state index is -1.02. The van der Waals surface area contributed by atoms with Gasteiger partial charge in [-0.2, -0.15) is 5.10 Å². The van der Waals surface area contributed by atoms with Crippen LogP contribution < -0.4 is 10.6 Å². The van der Waals surface area contributed by atoms with Crippen molar-refractivity contribution in [1.29, 1.82) is 0 Å². The number of amides is 2. The molecule has 106 valence electrons. The lowest BCUT2D eigenvalue weighted by Gasteiger charge is -2.20. The zero-order valence-electron chi connectivity index (χ0n) is 11.4. The van der Waals surface area contributed by atoms with Crippen molar-refractivity contribution in [3.05, 3.63) is 18.0 Å². The SMILES string of the molecule is CCC(C)C(NC(=O)NCc1ccnn1C)C(=O)O. The predicted molar refractivity (Wildman–Crippen MR) is 69.5 cm³/mol. The van der Waals surface area contributed by atoms with Crippen molar-refractivity contribution in [1.82, 2.24) is 20.4 Å². The molecule has 0 saturated heterocycles. The topological polar surface area (TPSA) is 96.3 Å². The second kappa shape index (κ2) is 6.77. The van der Waals surface area contributed by atoms with Gasteiger partial charge in [-0.1, -0.05) is 20.3 Å². The Morgan fingerprint density at radius 1 is 1.53 bits per heavy atom. The number of urea groups is 1. The van der Waals surface area contributed by atoms with Crippen LogP contribution in [0.3, 0.4) is 0 Å². The van der Waals surface area contributed by atoms with Gasteiger partial charge in [0.1, 0.15) is 6.04 Å². The Balaban J connectivity index is 2.49. The number of hydrogen-bond acceptors (Lipinski definition) is 3. The van der Waals surface area contributed by atoms with Crippen LogP contribution >= 0.6 is 0 Å². The maximum absolute atomic E-state index is 11.7. The van der Waals surface area contributed by atoms with Gasteiger partial charge in [0.15, 0.2) is 0 Å². The van der Waals surface area contributed by atoms with Gasteiger partial charge < -0.3 is 15.7 Å². The highest BCUT2D eigenvalue weighted by molar-refractivity contribution is 5.82. The number of carbonyl (C=O) groups excluding carboxylic acids is 1. The van der Waals surface area contributed by atoms with Crippen LogP contribution in [0, 0.1) is 5.92 Å². The fourth-order valence-electron chi connectivity index (χ4n) is 1.62. The molecule has 1 aromatic heterocycles. The van der Waals surface area contributed by atoms with E-state index < -0.39 is 18.0 Å². The standard InChI is InChI=1S/C12H20N4O3/c1-4-8(2)10(11(17)18)15-12(19)13-7-9-5-6-14-16(9)3/h5-6,8,10H,4,7H2,1-3H3,(H,17,18)(H2,13,15,19). The number of aliphatic carboxylic acids is 1. The molecule has 1 rings (SSSR count). The third kappa shape index (κ3) is 4.27. The van der Waals surface area contributed by atoms with Crippen LogP contribution in [0.2, 0.25) is 0 Å². The highest BCUT2D eigenvalue weighted by Gasteiger charge is 2.25. The van der Waals surface area contributed by atoms with Crippen molar-refractivity contribution in [2.75, 3.05) is 0 Å². The Morgan fingerprint density at radius 3 is 2.68 bits per heavy atom. The van der Waals surface area contributed by atoms with E-state index in [0.717, 1.165) is 5.69 Å². The summed E-state index contributed by atoms with van der Waals surface area (Å²) in [5, 5.41) is 18.1. The Bertz CT molecular complexity index is 444.